The van der Waals surface area contributed by atoms with E-state index in [1.807, 2.05) is 32.6 Å². The molecule has 0 aromatic carbocycles. The smallest absolute Gasteiger partial charge is 0.322 e. The lowest BCUT2D eigenvalue weighted by atomic mass is 10.0. The van der Waals surface area contributed by atoms with Crippen molar-refractivity contribution in [3.05, 3.63) is 5.82 Å². The van der Waals surface area contributed by atoms with Gasteiger partial charge in [0.2, 0.25) is 5.91 Å². The first kappa shape index (κ1) is 15.8. The second-order valence-corrected chi connectivity index (χ2v) is 5.92. The van der Waals surface area contributed by atoms with Crippen molar-refractivity contribution in [3.8, 4) is 0 Å². The Morgan fingerprint density at radius 2 is 1.90 bits per heavy atom. The van der Waals surface area contributed by atoms with E-state index < -0.39 is 0 Å². The maximum atomic E-state index is 12.6. The molecule has 0 saturated carbocycles. The monoisotopic (exact) mass is 296 g/mol. The molecule has 0 bridgehead atoms. The molecule has 1 saturated heterocycles. The van der Waals surface area contributed by atoms with Crippen molar-refractivity contribution in [2.24, 2.45) is 5.92 Å². The van der Waals surface area contributed by atoms with Crippen LogP contribution in [0.4, 0.5) is 6.01 Å². The Bertz CT molecular complexity index is 467. The third-order valence-corrected chi connectivity index (χ3v) is 3.49. The van der Waals surface area contributed by atoms with Crippen molar-refractivity contribution in [1.29, 1.82) is 0 Å². The van der Waals surface area contributed by atoms with Gasteiger partial charge in [-0.1, -0.05) is 32.9 Å². The van der Waals surface area contributed by atoms with E-state index in [4.69, 9.17) is 9.26 Å². The number of hydrogen-bond acceptors (Lipinski definition) is 6. The van der Waals surface area contributed by atoms with E-state index >= 15 is 0 Å². The van der Waals surface area contributed by atoms with Crippen LogP contribution in [0.25, 0.3) is 0 Å². The van der Waals surface area contributed by atoms with Gasteiger partial charge in [-0.25, -0.2) is 0 Å². The van der Waals surface area contributed by atoms with Gasteiger partial charge < -0.3 is 19.5 Å². The summed E-state index contributed by atoms with van der Waals surface area (Å²) >= 11 is 0. The van der Waals surface area contributed by atoms with Crippen molar-refractivity contribution in [3.63, 3.8) is 0 Å². The van der Waals surface area contributed by atoms with Crippen molar-refractivity contribution in [1.82, 2.24) is 15.0 Å². The fraction of sp³-hybridized carbons (Fsp3) is 0.786. The number of amides is 1. The lowest BCUT2D eigenvalue weighted by molar-refractivity contribution is -0.137. The molecular weight excluding hydrogens is 272 g/mol. The van der Waals surface area contributed by atoms with Crippen LogP contribution < -0.4 is 5.32 Å². The lowest BCUT2D eigenvalue weighted by Gasteiger charge is -2.31. The number of carbonyl (C=O) groups excluding carboxylic acids is 1. The minimum absolute atomic E-state index is 0.0533. The van der Waals surface area contributed by atoms with Crippen LogP contribution >= 0.6 is 0 Å². The molecule has 7 heteroatoms. The molecule has 2 heterocycles. The molecule has 1 atom stereocenters. The zero-order valence-corrected chi connectivity index (χ0v) is 13.1. The number of ether oxygens (including phenoxy) is 1. The number of hydrogen-bond donors (Lipinski definition) is 1. The summed E-state index contributed by atoms with van der Waals surface area (Å²) in [4.78, 5) is 18.7. The number of carbonyl (C=O) groups is 1. The quantitative estimate of drug-likeness (QED) is 0.886. The Morgan fingerprint density at radius 1 is 1.24 bits per heavy atom. The molecule has 1 aromatic rings. The van der Waals surface area contributed by atoms with E-state index in [0.29, 0.717) is 38.1 Å². The van der Waals surface area contributed by atoms with Gasteiger partial charge in [-0.2, -0.15) is 4.98 Å². The highest BCUT2D eigenvalue weighted by Gasteiger charge is 2.29. The van der Waals surface area contributed by atoms with Gasteiger partial charge >= 0.3 is 6.01 Å². The summed E-state index contributed by atoms with van der Waals surface area (Å²) in [5.74, 6) is 1.00. The zero-order valence-electron chi connectivity index (χ0n) is 13.1. The second-order valence-electron chi connectivity index (χ2n) is 5.92. The maximum absolute atomic E-state index is 12.6. The third kappa shape index (κ3) is 3.93. The molecule has 118 valence electrons. The molecule has 0 unspecified atom stereocenters. The first-order valence-electron chi connectivity index (χ1n) is 7.45. The molecule has 21 heavy (non-hydrogen) atoms. The van der Waals surface area contributed by atoms with Gasteiger partial charge in [-0.3, -0.25) is 4.79 Å². The van der Waals surface area contributed by atoms with Gasteiger partial charge in [0.15, 0.2) is 5.82 Å². The third-order valence-electron chi connectivity index (χ3n) is 3.49. The highest BCUT2D eigenvalue weighted by atomic mass is 16.5. The molecule has 0 aliphatic carbocycles. The maximum Gasteiger partial charge on any atom is 0.322 e. The molecule has 2 rings (SSSR count). The molecule has 1 N–H and O–H groups in total. The van der Waals surface area contributed by atoms with Crippen LogP contribution in [0.5, 0.6) is 0 Å². The van der Waals surface area contributed by atoms with Crippen molar-refractivity contribution < 1.29 is 14.1 Å². The van der Waals surface area contributed by atoms with E-state index in [1.165, 1.54) is 0 Å². The Balaban J connectivity index is 2.05. The predicted octanol–water partition coefficient (Wildman–Crippen LogP) is 1.49. The van der Waals surface area contributed by atoms with Crippen LogP contribution in [0, 0.1) is 5.92 Å². The first-order valence-corrected chi connectivity index (χ1v) is 7.45. The largest absolute Gasteiger partial charge is 0.378 e. The SMILES string of the molecule is CC(C)c1noc(N[C@@H](C(=O)N2CCOCC2)C(C)C)n1. The van der Waals surface area contributed by atoms with Crippen molar-refractivity contribution >= 4 is 11.9 Å². The summed E-state index contributed by atoms with van der Waals surface area (Å²) in [5.41, 5.74) is 0. The minimum Gasteiger partial charge on any atom is -0.378 e. The average molecular weight is 296 g/mol. The minimum atomic E-state index is -0.372. The number of aromatic nitrogens is 2. The van der Waals surface area contributed by atoms with Crippen LogP contribution in [0.15, 0.2) is 4.52 Å². The van der Waals surface area contributed by atoms with Gasteiger partial charge in [-0.05, 0) is 5.92 Å². The Hall–Kier alpha value is -1.63. The van der Waals surface area contributed by atoms with Crippen LogP contribution in [0.2, 0.25) is 0 Å². The van der Waals surface area contributed by atoms with E-state index in [-0.39, 0.29) is 23.8 Å². The van der Waals surface area contributed by atoms with E-state index in [0.717, 1.165) is 0 Å². The molecule has 0 radical (unpaired) electrons. The normalized spacial score (nSPS) is 17.3. The van der Waals surface area contributed by atoms with Crippen molar-refractivity contribution in [2.45, 2.75) is 39.7 Å². The molecule has 0 spiro atoms. The summed E-state index contributed by atoms with van der Waals surface area (Å²) in [6.07, 6.45) is 0. The molecule has 1 aliphatic rings. The van der Waals surface area contributed by atoms with Crippen LogP contribution in [0.1, 0.15) is 39.4 Å². The summed E-state index contributed by atoms with van der Waals surface area (Å²) in [6, 6.07) is -0.0671. The summed E-state index contributed by atoms with van der Waals surface area (Å²) in [5, 5.41) is 6.98. The first-order chi connectivity index (χ1) is 9.99. The highest BCUT2D eigenvalue weighted by Crippen LogP contribution is 2.17. The molecule has 1 aromatic heterocycles. The summed E-state index contributed by atoms with van der Waals surface area (Å²) in [6.45, 7) is 10.4. The van der Waals surface area contributed by atoms with Gasteiger partial charge in [0.25, 0.3) is 0 Å². The van der Waals surface area contributed by atoms with E-state index in [1.54, 1.807) is 0 Å². The zero-order chi connectivity index (χ0) is 15.4. The summed E-state index contributed by atoms with van der Waals surface area (Å²) < 4.78 is 10.5. The molecule has 1 aliphatic heterocycles. The van der Waals surface area contributed by atoms with Crippen LogP contribution in [-0.2, 0) is 9.53 Å². The Kier molecular flexibility index (Phi) is 5.17. The predicted molar refractivity (Wildman–Crippen MR) is 78.0 cm³/mol. The van der Waals surface area contributed by atoms with E-state index in [9.17, 15) is 4.79 Å². The topological polar surface area (TPSA) is 80.5 Å². The number of nitrogens with zero attached hydrogens (tertiary/aromatic N) is 3. The number of morpholine rings is 1. The Labute approximate surface area is 125 Å². The molecule has 1 fully saturated rings. The fourth-order valence-corrected chi connectivity index (χ4v) is 2.16. The van der Waals surface area contributed by atoms with Gasteiger partial charge in [-0.15, -0.1) is 0 Å². The van der Waals surface area contributed by atoms with Crippen LogP contribution in [0.3, 0.4) is 0 Å². The van der Waals surface area contributed by atoms with Crippen LogP contribution in [-0.4, -0.2) is 53.3 Å². The van der Waals surface area contributed by atoms with Gasteiger partial charge in [0.1, 0.15) is 6.04 Å². The van der Waals surface area contributed by atoms with Gasteiger partial charge in [0, 0.05) is 19.0 Å². The van der Waals surface area contributed by atoms with Gasteiger partial charge in [0.05, 0.1) is 13.2 Å². The Morgan fingerprint density at radius 3 is 2.43 bits per heavy atom. The lowest BCUT2D eigenvalue weighted by Crippen LogP contribution is -2.49. The second kappa shape index (κ2) is 6.89. The number of anilines is 1. The molecule has 1 amide bonds. The number of nitrogens with one attached hydrogen (secondary N) is 1. The number of rotatable bonds is 5. The van der Waals surface area contributed by atoms with Crippen molar-refractivity contribution in [2.75, 3.05) is 31.6 Å². The summed E-state index contributed by atoms with van der Waals surface area (Å²) in [7, 11) is 0. The average Bonchev–Trinajstić information content (AvgIpc) is 2.93. The molecular formula is C14H24N4O3. The fourth-order valence-electron chi connectivity index (χ4n) is 2.16. The standard InChI is InChI=1S/C14H24N4O3/c1-9(2)11(13(19)18-5-7-20-8-6-18)15-14-16-12(10(3)4)17-21-14/h9-11H,5-8H2,1-4H3,(H,15,16,17)/t11-/m1/s1. The molecule has 7 nitrogen and oxygen atoms in total. The highest BCUT2D eigenvalue weighted by molar-refractivity contribution is 5.84. The van der Waals surface area contributed by atoms with E-state index in [2.05, 4.69) is 15.5 Å².